The highest BCUT2D eigenvalue weighted by Gasteiger charge is 2.38. The van der Waals surface area contributed by atoms with E-state index in [1.807, 2.05) is 0 Å². The third-order valence-electron chi connectivity index (χ3n) is 3.02. The van der Waals surface area contributed by atoms with Gasteiger partial charge in [-0.25, -0.2) is 9.78 Å². The summed E-state index contributed by atoms with van der Waals surface area (Å²) in [5, 5.41) is 0. The second-order valence-electron chi connectivity index (χ2n) is 5.89. The number of amides is 1. The molecule has 1 aliphatic heterocycles. The van der Waals surface area contributed by atoms with Gasteiger partial charge in [-0.1, -0.05) is 0 Å². The predicted molar refractivity (Wildman–Crippen MR) is 71.1 cm³/mol. The van der Waals surface area contributed by atoms with E-state index < -0.39 is 23.4 Å². The highest BCUT2D eigenvalue weighted by molar-refractivity contribution is 5.88. The molecule has 0 fully saturated rings. The van der Waals surface area contributed by atoms with Crippen molar-refractivity contribution in [3.8, 4) is 0 Å². The maximum Gasteiger partial charge on any atom is 0.416 e. The molecule has 0 spiro atoms. The zero-order valence-electron chi connectivity index (χ0n) is 12.1. The number of pyridine rings is 1. The van der Waals surface area contributed by atoms with Crippen LogP contribution < -0.4 is 4.90 Å². The van der Waals surface area contributed by atoms with Gasteiger partial charge in [-0.2, -0.15) is 13.2 Å². The van der Waals surface area contributed by atoms with E-state index in [1.165, 1.54) is 4.90 Å². The van der Waals surface area contributed by atoms with Crippen molar-refractivity contribution < 1.29 is 22.7 Å². The van der Waals surface area contributed by atoms with Crippen LogP contribution in [-0.4, -0.2) is 23.2 Å². The summed E-state index contributed by atoms with van der Waals surface area (Å²) >= 11 is 0. The van der Waals surface area contributed by atoms with Crippen LogP contribution in [-0.2, 0) is 17.3 Å². The lowest BCUT2D eigenvalue weighted by Gasteiger charge is -2.31. The number of carbonyl (C=O) groups excluding carboxylic acids is 1. The summed E-state index contributed by atoms with van der Waals surface area (Å²) in [6.07, 6.45) is -3.36. The van der Waals surface area contributed by atoms with E-state index in [9.17, 15) is 18.0 Å². The Bertz CT molecular complexity index is 550. The van der Waals surface area contributed by atoms with Gasteiger partial charge < -0.3 is 4.74 Å². The van der Waals surface area contributed by atoms with Crippen molar-refractivity contribution in [1.29, 1.82) is 0 Å². The van der Waals surface area contributed by atoms with Crippen molar-refractivity contribution >= 4 is 11.9 Å². The van der Waals surface area contributed by atoms with Gasteiger partial charge in [0.15, 0.2) is 0 Å². The topological polar surface area (TPSA) is 42.4 Å². The Kier molecular flexibility index (Phi) is 3.86. The molecular weight excluding hydrogens is 285 g/mol. The highest BCUT2D eigenvalue weighted by Crippen LogP contribution is 2.38. The number of fused-ring (bicyclic) bond motifs is 1. The first-order valence-electron chi connectivity index (χ1n) is 6.65. The second kappa shape index (κ2) is 5.20. The van der Waals surface area contributed by atoms with Crippen molar-refractivity contribution in [2.45, 2.75) is 45.4 Å². The lowest BCUT2D eigenvalue weighted by atomic mass is 10.00. The summed E-state index contributed by atoms with van der Waals surface area (Å²) in [7, 11) is 0. The van der Waals surface area contributed by atoms with Gasteiger partial charge in [-0.05, 0) is 39.7 Å². The molecule has 0 saturated heterocycles. The molecule has 1 amide bonds. The number of anilines is 1. The van der Waals surface area contributed by atoms with Crippen LogP contribution in [0.3, 0.4) is 0 Å². The molecule has 116 valence electrons. The first-order valence-corrected chi connectivity index (χ1v) is 6.65. The monoisotopic (exact) mass is 302 g/mol. The molecule has 0 radical (unpaired) electrons. The number of nitrogens with zero attached hydrogens (tertiary/aromatic N) is 2. The highest BCUT2D eigenvalue weighted by atomic mass is 19.4. The number of halogens is 3. The van der Waals surface area contributed by atoms with Crippen molar-refractivity contribution in [3.63, 3.8) is 0 Å². The van der Waals surface area contributed by atoms with Crippen LogP contribution in [0.15, 0.2) is 12.3 Å². The van der Waals surface area contributed by atoms with E-state index in [1.54, 1.807) is 20.8 Å². The van der Waals surface area contributed by atoms with Gasteiger partial charge in [0, 0.05) is 18.3 Å². The van der Waals surface area contributed by atoms with Crippen molar-refractivity contribution in [2.75, 3.05) is 11.4 Å². The SMILES string of the molecule is CC(C)(C)OC(=O)N1CCCc2c(C(F)(F)F)ccnc21. The molecule has 0 unspecified atom stereocenters. The molecule has 1 aromatic heterocycles. The number of rotatable bonds is 0. The van der Waals surface area contributed by atoms with Gasteiger partial charge in [-0.15, -0.1) is 0 Å². The zero-order valence-corrected chi connectivity index (χ0v) is 12.1. The van der Waals surface area contributed by atoms with Gasteiger partial charge in [0.25, 0.3) is 0 Å². The number of aromatic nitrogens is 1. The fourth-order valence-electron chi connectivity index (χ4n) is 2.24. The van der Waals surface area contributed by atoms with Crippen LogP contribution in [0.1, 0.15) is 38.3 Å². The van der Waals surface area contributed by atoms with E-state index >= 15 is 0 Å². The van der Waals surface area contributed by atoms with Crippen LogP contribution in [0.5, 0.6) is 0 Å². The Morgan fingerprint density at radius 3 is 2.57 bits per heavy atom. The van der Waals surface area contributed by atoms with E-state index in [0.717, 1.165) is 12.3 Å². The molecule has 1 aliphatic rings. The normalized spacial score (nSPS) is 15.6. The summed E-state index contributed by atoms with van der Waals surface area (Å²) in [4.78, 5) is 17.3. The Balaban J connectivity index is 2.39. The fourth-order valence-corrected chi connectivity index (χ4v) is 2.24. The quantitative estimate of drug-likeness (QED) is 0.732. The van der Waals surface area contributed by atoms with Crippen molar-refractivity contribution in [1.82, 2.24) is 4.98 Å². The minimum absolute atomic E-state index is 0.0466. The molecule has 4 nitrogen and oxygen atoms in total. The molecule has 0 saturated carbocycles. The molecule has 2 heterocycles. The lowest BCUT2D eigenvalue weighted by molar-refractivity contribution is -0.138. The average molecular weight is 302 g/mol. The number of ether oxygens (including phenoxy) is 1. The first-order chi connectivity index (χ1) is 9.59. The molecule has 2 rings (SSSR count). The Hall–Kier alpha value is -1.79. The molecule has 21 heavy (non-hydrogen) atoms. The van der Waals surface area contributed by atoms with Gasteiger partial charge in [0.1, 0.15) is 11.4 Å². The van der Waals surface area contributed by atoms with Crippen molar-refractivity contribution in [2.24, 2.45) is 0 Å². The van der Waals surface area contributed by atoms with Crippen LogP contribution in [0, 0.1) is 0 Å². The summed E-state index contributed by atoms with van der Waals surface area (Å²) in [5.74, 6) is 0.0466. The van der Waals surface area contributed by atoms with Crippen LogP contribution in [0.2, 0.25) is 0 Å². The smallest absolute Gasteiger partial charge is 0.416 e. The molecule has 0 bridgehead atoms. The maximum atomic E-state index is 13.0. The zero-order chi connectivity index (χ0) is 15.8. The van der Waals surface area contributed by atoms with Crippen molar-refractivity contribution in [3.05, 3.63) is 23.4 Å². The third-order valence-corrected chi connectivity index (χ3v) is 3.02. The molecule has 1 aromatic rings. The minimum Gasteiger partial charge on any atom is -0.443 e. The summed E-state index contributed by atoms with van der Waals surface area (Å²) in [6, 6.07) is 0.942. The predicted octanol–water partition coefficient (Wildman–Crippen LogP) is 3.79. The van der Waals surface area contributed by atoms with Crippen LogP contribution in [0.25, 0.3) is 0 Å². The van der Waals surface area contributed by atoms with Gasteiger partial charge in [-0.3, -0.25) is 4.90 Å². The summed E-state index contributed by atoms with van der Waals surface area (Å²) in [5.41, 5.74) is -1.39. The van der Waals surface area contributed by atoms with E-state index in [-0.39, 0.29) is 17.8 Å². The molecule has 0 aliphatic carbocycles. The number of carbonyl (C=O) groups is 1. The van der Waals surface area contributed by atoms with E-state index in [2.05, 4.69) is 4.98 Å². The molecule has 0 aromatic carbocycles. The maximum absolute atomic E-state index is 13.0. The standard InChI is InChI=1S/C14H17F3N2O2/c1-13(2,3)21-12(20)19-8-4-5-9-10(14(15,16)17)6-7-18-11(9)19/h6-7H,4-5,8H2,1-3H3. The summed E-state index contributed by atoms with van der Waals surface area (Å²) in [6.45, 7) is 5.41. The summed E-state index contributed by atoms with van der Waals surface area (Å²) < 4.78 is 44.3. The molecule has 0 atom stereocenters. The fraction of sp³-hybridized carbons (Fsp3) is 0.571. The van der Waals surface area contributed by atoms with Crippen LogP contribution >= 0.6 is 0 Å². The number of hydrogen-bond donors (Lipinski definition) is 0. The van der Waals surface area contributed by atoms with Gasteiger partial charge >= 0.3 is 12.3 Å². The minimum atomic E-state index is -4.45. The molecular formula is C14H17F3N2O2. The molecule has 0 N–H and O–H groups in total. The van der Waals surface area contributed by atoms with Crippen LogP contribution in [0.4, 0.5) is 23.8 Å². The van der Waals surface area contributed by atoms with E-state index in [0.29, 0.717) is 13.0 Å². The largest absolute Gasteiger partial charge is 0.443 e. The van der Waals surface area contributed by atoms with Gasteiger partial charge in [0.05, 0.1) is 5.56 Å². The Morgan fingerprint density at radius 2 is 2.00 bits per heavy atom. The molecule has 7 heteroatoms. The third kappa shape index (κ3) is 3.46. The number of alkyl halides is 3. The number of hydrogen-bond acceptors (Lipinski definition) is 3. The van der Waals surface area contributed by atoms with Gasteiger partial charge in [0.2, 0.25) is 0 Å². The average Bonchev–Trinajstić information content (AvgIpc) is 2.34. The first kappa shape index (κ1) is 15.6. The van der Waals surface area contributed by atoms with E-state index in [4.69, 9.17) is 4.74 Å². The lowest BCUT2D eigenvalue weighted by Crippen LogP contribution is -2.40. The Labute approximate surface area is 120 Å². The Morgan fingerprint density at radius 1 is 1.33 bits per heavy atom. The second-order valence-corrected chi connectivity index (χ2v) is 5.89.